The van der Waals surface area contributed by atoms with E-state index >= 15 is 0 Å². The number of aliphatic hydroxyl groups excluding tert-OH is 1. The number of likely N-dealkylation sites (tertiary alicyclic amines) is 1. The Balaban J connectivity index is 2.36. The molecule has 0 spiro atoms. The zero-order valence-corrected chi connectivity index (χ0v) is 11.6. The summed E-state index contributed by atoms with van der Waals surface area (Å²) in [5.74, 6) is -0.137. The lowest BCUT2D eigenvalue weighted by Crippen LogP contribution is -2.41. The molecule has 0 amide bonds. The SMILES string of the molecule is CC(C)(C)OC(=O)[C@@H]1CCCN1CCOCCO. The maximum absolute atomic E-state index is 12.0. The highest BCUT2D eigenvalue weighted by molar-refractivity contribution is 5.76. The highest BCUT2D eigenvalue weighted by atomic mass is 16.6. The molecule has 0 bridgehead atoms. The van der Waals surface area contributed by atoms with Crippen LogP contribution in [-0.4, -0.2) is 60.5 Å². The Morgan fingerprint density at radius 1 is 1.39 bits per heavy atom. The van der Waals surface area contributed by atoms with Crippen LogP contribution in [0, 0.1) is 0 Å². The molecule has 0 unspecified atom stereocenters. The summed E-state index contributed by atoms with van der Waals surface area (Å²) in [6.45, 7) is 8.20. The zero-order valence-electron chi connectivity index (χ0n) is 11.6. The average Bonchev–Trinajstić information content (AvgIpc) is 2.70. The number of aliphatic hydroxyl groups is 1. The van der Waals surface area contributed by atoms with Crippen LogP contribution in [0.15, 0.2) is 0 Å². The van der Waals surface area contributed by atoms with Gasteiger partial charge in [0.2, 0.25) is 0 Å². The second-order valence-corrected chi connectivity index (χ2v) is 5.56. The van der Waals surface area contributed by atoms with Crippen LogP contribution >= 0.6 is 0 Å². The van der Waals surface area contributed by atoms with Gasteiger partial charge in [0.05, 0.1) is 19.8 Å². The van der Waals surface area contributed by atoms with Gasteiger partial charge in [-0.2, -0.15) is 0 Å². The largest absolute Gasteiger partial charge is 0.459 e. The Bertz CT molecular complexity index is 262. The lowest BCUT2D eigenvalue weighted by Gasteiger charge is -2.27. The third kappa shape index (κ3) is 5.33. The summed E-state index contributed by atoms with van der Waals surface area (Å²) >= 11 is 0. The molecule has 0 aromatic carbocycles. The van der Waals surface area contributed by atoms with E-state index in [9.17, 15) is 4.79 Å². The maximum atomic E-state index is 12.0. The Hall–Kier alpha value is -0.650. The summed E-state index contributed by atoms with van der Waals surface area (Å²) in [5.41, 5.74) is -0.432. The minimum absolute atomic E-state index is 0.0372. The molecule has 0 radical (unpaired) electrons. The van der Waals surface area contributed by atoms with Gasteiger partial charge in [0.25, 0.3) is 0 Å². The van der Waals surface area contributed by atoms with Crippen LogP contribution in [0.2, 0.25) is 0 Å². The summed E-state index contributed by atoms with van der Waals surface area (Å²) in [7, 11) is 0. The summed E-state index contributed by atoms with van der Waals surface area (Å²) in [6, 6.07) is -0.137. The van der Waals surface area contributed by atoms with E-state index in [0.29, 0.717) is 19.8 Å². The van der Waals surface area contributed by atoms with Gasteiger partial charge >= 0.3 is 5.97 Å². The van der Waals surface area contributed by atoms with Crippen molar-refractivity contribution in [2.75, 3.05) is 32.9 Å². The van der Waals surface area contributed by atoms with Crippen LogP contribution in [0.1, 0.15) is 33.6 Å². The van der Waals surface area contributed by atoms with Gasteiger partial charge < -0.3 is 14.6 Å². The summed E-state index contributed by atoms with van der Waals surface area (Å²) in [6.07, 6.45) is 1.87. The molecular formula is C13H25NO4. The molecule has 0 aromatic rings. The van der Waals surface area contributed by atoms with E-state index in [1.54, 1.807) is 0 Å². The monoisotopic (exact) mass is 259 g/mol. The molecule has 1 N–H and O–H groups in total. The normalized spacial score (nSPS) is 21.2. The molecule has 0 saturated carbocycles. The first-order chi connectivity index (χ1) is 8.44. The number of esters is 1. The number of nitrogens with zero attached hydrogens (tertiary/aromatic N) is 1. The van der Waals surface area contributed by atoms with Crippen molar-refractivity contribution in [3.05, 3.63) is 0 Å². The smallest absolute Gasteiger partial charge is 0.323 e. The van der Waals surface area contributed by atoms with Gasteiger partial charge in [-0.3, -0.25) is 9.69 Å². The lowest BCUT2D eigenvalue weighted by molar-refractivity contribution is -0.160. The van der Waals surface area contributed by atoms with Crippen molar-refractivity contribution >= 4 is 5.97 Å². The molecule has 5 heteroatoms. The summed E-state index contributed by atoms with van der Waals surface area (Å²) in [4.78, 5) is 14.1. The van der Waals surface area contributed by atoms with Crippen molar-refractivity contribution in [2.45, 2.75) is 45.3 Å². The van der Waals surface area contributed by atoms with E-state index < -0.39 is 5.60 Å². The van der Waals surface area contributed by atoms with E-state index in [1.807, 2.05) is 20.8 Å². The van der Waals surface area contributed by atoms with Crippen molar-refractivity contribution < 1.29 is 19.4 Å². The third-order valence-corrected chi connectivity index (χ3v) is 2.80. The average molecular weight is 259 g/mol. The van der Waals surface area contributed by atoms with Gasteiger partial charge in [-0.25, -0.2) is 0 Å². The molecule has 1 saturated heterocycles. The van der Waals surface area contributed by atoms with E-state index in [0.717, 1.165) is 19.4 Å². The van der Waals surface area contributed by atoms with Crippen molar-refractivity contribution in [1.29, 1.82) is 0 Å². The first-order valence-corrected chi connectivity index (χ1v) is 6.59. The summed E-state index contributed by atoms with van der Waals surface area (Å²) in [5, 5.41) is 8.61. The van der Waals surface area contributed by atoms with E-state index in [1.165, 1.54) is 0 Å². The first-order valence-electron chi connectivity index (χ1n) is 6.59. The van der Waals surface area contributed by atoms with Gasteiger partial charge in [0, 0.05) is 6.54 Å². The van der Waals surface area contributed by atoms with Crippen molar-refractivity contribution in [3.8, 4) is 0 Å². The zero-order chi connectivity index (χ0) is 13.6. The standard InChI is InChI=1S/C13H25NO4/c1-13(2,3)18-12(16)11-5-4-6-14(11)7-9-17-10-8-15/h11,15H,4-10H2,1-3H3/t11-/m0/s1. The number of carbonyl (C=O) groups is 1. The third-order valence-electron chi connectivity index (χ3n) is 2.80. The molecule has 1 rings (SSSR count). The highest BCUT2D eigenvalue weighted by Crippen LogP contribution is 2.20. The number of rotatable bonds is 6. The lowest BCUT2D eigenvalue weighted by atomic mass is 10.1. The predicted octanol–water partition coefficient (Wildman–Crippen LogP) is 0.801. The topological polar surface area (TPSA) is 59.0 Å². The predicted molar refractivity (Wildman–Crippen MR) is 68.3 cm³/mol. The Morgan fingerprint density at radius 2 is 2.11 bits per heavy atom. The van der Waals surface area contributed by atoms with Crippen molar-refractivity contribution in [2.24, 2.45) is 0 Å². The molecule has 1 fully saturated rings. The molecule has 18 heavy (non-hydrogen) atoms. The van der Waals surface area contributed by atoms with Gasteiger partial charge in [-0.05, 0) is 40.2 Å². The van der Waals surface area contributed by atoms with Crippen LogP contribution in [0.5, 0.6) is 0 Å². The van der Waals surface area contributed by atoms with Gasteiger partial charge in [0.15, 0.2) is 0 Å². The molecular weight excluding hydrogens is 234 g/mol. The molecule has 5 nitrogen and oxygen atoms in total. The number of ether oxygens (including phenoxy) is 2. The van der Waals surface area contributed by atoms with Crippen LogP contribution in [0.3, 0.4) is 0 Å². The van der Waals surface area contributed by atoms with Crippen LogP contribution in [0.25, 0.3) is 0 Å². The molecule has 106 valence electrons. The van der Waals surface area contributed by atoms with E-state index in [4.69, 9.17) is 14.6 Å². The Labute approximate surface area is 109 Å². The fourth-order valence-corrected chi connectivity index (χ4v) is 2.08. The van der Waals surface area contributed by atoms with E-state index in [-0.39, 0.29) is 18.6 Å². The number of carbonyl (C=O) groups excluding carboxylic acids is 1. The molecule has 0 aliphatic carbocycles. The number of hydrogen-bond acceptors (Lipinski definition) is 5. The first kappa shape index (κ1) is 15.4. The van der Waals surface area contributed by atoms with Crippen LogP contribution in [-0.2, 0) is 14.3 Å². The number of hydrogen-bond donors (Lipinski definition) is 1. The quantitative estimate of drug-likeness (QED) is 0.565. The van der Waals surface area contributed by atoms with E-state index in [2.05, 4.69) is 4.90 Å². The van der Waals surface area contributed by atoms with Crippen molar-refractivity contribution in [1.82, 2.24) is 4.90 Å². The van der Waals surface area contributed by atoms with Crippen LogP contribution < -0.4 is 0 Å². The van der Waals surface area contributed by atoms with Gasteiger partial charge in [0.1, 0.15) is 11.6 Å². The second kappa shape index (κ2) is 7.07. The molecule has 1 heterocycles. The Kier molecular flexibility index (Phi) is 6.05. The van der Waals surface area contributed by atoms with Gasteiger partial charge in [-0.15, -0.1) is 0 Å². The molecule has 1 atom stereocenters. The molecule has 0 aromatic heterocycles. The fraction of sp³-hybridized carbons (Fsp3) is 0.923. The molecule has 1 aliphatic heterocycles. The summed E-state index contributed by atoms with van der Waals surface area (Å²) < 4.78 is 10.6. The second-order valence-electron chi connectivity index (χ2n) is 5.56. The minimum Gasteiger partial charge on any atom is -0.459 e. The van der Waals surface area contributed by atoms with Gasteiger partial charge in [-0.1, -0.05) is 0 Å². The Morgan fingerprint density at radius 3 is 2.72 bits per heavy atom. The minimum atomic E-state index is -0.432. The fourth-order valence-electron chi connectivity index (χ4n) is 2.08. The van der Waals surface area contributed by atoms with Crippen LogP contribution in [0.4, 0.5) is 0 Å². The maximum Gasteiger partial charge on any atom is 0.323 e. The molecule has 1 aliphatic rings. The highest BCUT2D eigenvalue weighted by Gasteiger charge is 2.33. The van der Waals surface area contributed by atoms with Crippen molar-refractivity contribution in [3.63, 3.8) is 0 Å².